The van der Waals surface area contributed by atoms with Gasteiger partial charge in [-0.25, -0.2) is 4.99 Å². The van der Waals surface area contributed by atoms with Crippen LogP contribution in [0.25, 0.3) is 0 Å². The third kappa shape index (κ3) is 3.60. The second kappa shape index (κ2) is 6.95. The van der Waals surface area contributed by atoms with Crippen molar-refractivity contribution in [2.75, 3.05) is 7.11 Å². The molecule has 2 N–H and O–H groups in total. The predicted octanol–water partition coefficient (Wildman–Crippen LogP) is 1.79. The van der Waals surface area contributed by atoms with Crippen molar-refractivity contribution in [1.29, 1.82) is 0 Å². The lowest BCUT2D eigenvalue weighted by Crippen LogP contribution is -2.57. The molecule has 3 rings (SSSR count). The summed E-state index contributed by atoms with van der Waals surface area (Å²) in [5.41, 5.74) is 1.54. The van der Waals surface area contributed by atoms with Gasteiger partial charge in [0.25, 0.3) is 0 Å². The highest BCUT2D eigenvalue weighted by molar-refractivity contribution is 6.18. The van der Waals surface area contributed by atoms with E-state index in [0.29, 0.717) is 17.9 Å². The fraction of sp³-hybridized carbons (Fsp3) is 0.167. The maximum absolute atomic E-state index is 12.2. The highest BCUT2D eigenvalue weighted by Gasteiger charge is 2.33. The Morgan fingerprint density at radius 3 is 2.17 bits per heavy atom. The SMILES string of the molecule is COc1ccc(N=C2NC(=O)C(Cc3ccccc3)C(=O)N2)cc1. The normalized spacial score (nSPS) is 17.0. The van der Waals surface area contributed by atoms with Gasteiger partial charge in [0.15, 0.2) is 0 Å². The maximum Gasteiger partial charge on any atom is 0.239 e. The van der Waals surface area contributed by atoms with Crippen LogP contribution >= 0.6 is 0 Å². The molecule has 0 aromatic heterocycles. The Morgan fingerprint density at radius 1 is 0.958 bits per heavy atom. The molecule has 122 valence electrons. The zero-order chi connectivity index (χ0) is 16.9. The van der Waals surface area contributed by atoms with E-state index in [2.05, 4.69) is 15.6 Å². The van der Waals surface area contributed by atoms with Gasteiger partial charge in [-0.1, -0.05) is 30.3 Å². The van der Waals surface area contributed by atoms with Gasteiger partial charge in [0.2, 0.25) is 17.8 Å². The van der Waals surface area contributed by atoms with E-state index in [-0.39, 0.29) is 17.8 Å². The molecule has 6 nitrogen and oxygen atoms in total. The number of aliphatic imine (C=N–C) groups is 1. The summed E-state index contributed by atoms with van der Waals surface area (Å²) in [4.78, 5) is 28.7. The number of hydrogen-bond donors (Lipinski definition) is 2. The summed E-state index contributed by atoms with van der Waals surface area (Å²) >= 11 is 0. The van der Waals surface area contributed by atoms with Crippen LogP contribution in [0.3, 0.4) is 0 Å². The first-order chi connectivity index (χ1) is 11.7. The van der Waals surface area contributed by atoms with Crippen molar-refractivity contribution < 1.29 is 14.3 Å². The smallest absolute Gasteiger partial charge is 0.239 e. The summed E-state index contributed by atoms with van der Waals surface area (Å²) in [6, 6.07) is 16.4. The average molecular weight is 323 g/mol. The predicted molar refractivity (Wildman–Crippen MR) is 90.0 cm³/mol. The fourth-order valence-corrected chi connectivity index (χ4v) is 2.43. The molecule has 24 heavy (non-hydrogen) atoms. The lowest BCUT2D eigenvalue weighted by Gasteiger charge is -2.23. The summed E-state index contributed by atoms with van der Waals surface area (Å²) in [5, 5.41) is 5.28. The number of nitrogens with zero attached hydrogens (tertiary/aromatic N) is 1. The number of ether oxygens (including phenoxy) is 1. The average Bonchev–Trinajstić information content (AvgIpc) is 2.60. The van der Waals surface area contributed by atoms with Crippen molar-refractivity contribution in [3.05, 3.63) is 60.2 Å². The van der Waals surface area contributed by atoms with E-state index < -0.39 is 5.92 Å². The van der Waals surface area contributed by atoms with Gasteiger partial charge in [0.05, 0.1) is 12.8 Å². The fourth-order valence-electron chi connectivity index (χ4n) is 2.43. The summed E-state index contributed by atoms with van der Waals surface area (Å²) in [5.74, 6) is -0.620. The van der Waals surface area contributed by atoms with Crippen molar-refractivity contribution >= 4 is 23.5 Å². The minimum Gasteiger partial charge on any atom is -0.497 e. The Hall–Kier alpha value is -3.15. The molecule has 2 aromatic carbocycles. The molecule has 0 bridgehead atoms. The molecule has 0 spiro atoms. The summed E-state index contributed by atoms with van der Waals surface area (Å²) in [7, 11) is 1.58. The molecule has 1 aliphatic rings. The number of benzene rings is 2. The van der Waals surface area contributed by atoms with Gasteiger partial charge >= 0.3 is 0 Å². The molecule has 0 saturated carbocycles. The van der Waals surface area contributed by atoms with Crippen LogP contribution in [0.1, 0.15) is 5.56 Å². The quantitative estimate of drug-likeness (QED) is 0.842. The number of carbonyl (C=O) groups is 2. The molecule has 2 amide bonds. The molecular formula is C18H17N3O3. The number of carbonyl (C=O) groups excluding carboxylic acids is 2. The second-order valence-corrected chi connectivity index (χ2v) is 5.38. The molecule has 2 aromatic rings. The zero-order valence-corrected chi connectivity index (χ0v) is 13.2. The highest BCUT2D eigenvalue weighted by atomic mass is 16.5. The first-order valence-corrected chi connectivity index (χ1v) is 7.54. The molecule has 1 saturated heterocycles. The molecule has 1 aliphatic heterocycles. The van der Waals surface area contributed by atoms with Crippen LogP contribution in [0.2, 0.25) is 0 Å². The molecule has 6 heteroatoms. The maximum atomic E-state index is 12.2. The minimum atomic E-state index is -0.762. The van der Waals surface area contributed by atoms with E-state index in [1.54, 1.807) is 31.4 Å². The Morgan fingerprint density at radius 2 is 1.58 bits per heavy atom. The van der Waals surface area contributed by atoms with Crippen LogP contribution in [0, 0.1) is 5.92 Å². The van der Waals surface area contributed by atoms with Crippen molar-refractivity contribution in [2.24, 2.45) is 10.9 Å². The van der Waals surface area contributed by atoms with Gasteiger partial charge in [0.1, 0.15) is 11.7 Å². The van der Waals surface area contributed by atoms with Gasteiger partial charge < -0.3 is 4.74 Å². The van der Waals surface area contributed by atoms with E-state index in [4.69, 9.17) is 4.74 Å². The number of methoxy groups -OCH3 is 1. The molecule has 1 fully saturated rings. The third-order valence-electron chi connectivity index (χ3n) is 3.71. The number of hydrogen-bond acceptors (Lipinski definition) is 4. The summed E-state index contributed by atoms with van der Waals surface area (Å²) in [6.45, 7) is 0. The monoisotopic (exact) mass is 323 g/mol. The van der Waals surface area contributed by atoms with Gasteiger partial charge in [0, 0.05) is 0 Å². The number of rotatable bonds is 4. The van der Waals surface area contributed by atoms with Crippen LogP contribution in [0.15, 0.2) is 59.6 Å². The molecule has 0 atom stereocenters. The van der Waals surface area contributed by atoms with Crippen molar-refractivity contribution in [3.63, 3.8) is 0 Å². The lowest BCUT2D eigenvalue weighted by molar-refractivity contribution is -0.135. The standard InChI is InChI=1S/C18H17N3O3/c1-24-14-9-7-13(8-10-14)19-18-20-16(22)15(17(23)21-18)11-12-5-3-2-4-6-12/h2-10,15H,11H2,1H3,(H2,19,20,21,22,23). The summed E-state index contributed by atoms with van der Waals surface area (Å²) in [6.07, 6.45) is 0.355. The number of guanidine groups is 1. The first-order valence-electron chi connectivity index (χ1n) is 7.54. The lowest BCUT2D eigenvalue weighted by atomic mass is 9.96. The van der Waals surface area contributed by atoms with Crippen LogP contribution in [-0.2, 0) is 16.0 Å². The van der Waals surface area contributed by atoms with E-state index >= 15 is 0 Å². The van der Waals surface area contributed by atoms with Crippen molar-refractivity contribution in [3.8, 4) is 5.75 Å². The second-order valence-electron chi connectivity index (χ2n) is 5.38. The molecule has 0 radical (unpaired) electrons. The molecule has 0 unspecified atom stereocenters. The van der Waals surface area contributed by atoms with E-state index in [1.165, 1.54) is 0 Å². The first kappa shape index (κ1) is 15.7. The Labute approximate surface area is 139 Å². The third-order valence-corrected chi connectivity index (χ3v) is 3.71. The Kier molecular flexibility index (Phi) is 4.56. The molecular weight excluding hydrogens is 306 g/mol. The number of nitrogens with one attached hydrogen (secondary N) is 2. The Bertz CT molecular complexity index is 750. The van der Waals surface area contributed by atoms with Gasteiger partial charge in [-0.2, -0.15) is 0 Å². The topological polar surface area (TPSA) is 79.8 Å². The van der Waals surface area contributed by atoms with Gasteiger partial charge in [-0.3, -0.25) is 20.2 Å². The number of amides is 2. The Balaban J connectivity index is 1.71. The van der Waals surface area contributed by atoms with Crippen molar-refractivity contribution in [2.45, 2.75) is 6.42 Å². The minimum absolute atomic E-state index is 0.138. The van der Waals surface area contributed by atoms with E-state index in [1.807, 2.05) is 30.3 Å². The van der Waals surface area contributed by atoms with Gasteiger partial charge in [-0.15, -0.1) is 0 Å². The van der Waals surface area contributed by atoms with Crippen LogP contribution in [0.4, 0.5) is 5.69 Å². The van der Waals surface area contributed by atoms with Crippen LogP contribution < -0.4 is 15.4 Å². The molecule has 0 aliphatic carbocycles. The van der Waals surface area contributed by atoms with E-state index in [9.17, 15) is 9.59 Å². The zero-order valence-electron chi connectivity index (χ0n) is 13.2. The summed E-state index contributed by atoms with van der Waals surface area (Å²) < 4.78 is 5.08. The van der Waals surface area contributed by atoms with E-state index in [0.717, 1.165) is 5.56 Å². The van der Waals surface area contributed by atoms with Crippen molar-refractivity contribution in [1.82, 2.24) is 10.6 Å². The van der Waals surface area contributed by atoms with Crippen LogP contribution in [0.5, 0.6) is 5.75 Å². The highest BCUT2D eigenvalue weighted by Crippen LogP contribution is 2.18. The van der Waals surface area contributed by atoms with Gasteiger partial charge in [-0.05, 0) is 36.2 Å². The molecule has 1 heterocycles. The van der Waals surface area contributed by atoms with Crippen LogP contribution in [-0.4, -0.2) is 24.9 Å². The largest absolute Gasteiger partial charge is 0.497 e.